The second-order valence-corrected chi connectivity index (χ2v) is 14.0. The third-order valence-electron chi connectivity index (χ3n) is 9.88. The van der Waals surface area contributed by atoms with Crippen molar-refractivity contribution in [2.24, 2.45) is 0 Å². The number of furan rings is 1. The van der Waals surface area contributed by atoms with E-state index in [0.717, 1.165) is 50.1 Å². The van der Waals surface area contributed by atoms with E-state index in [0.29, 0.717) is 0 Å². The second kappa shape index (κ2) is 12.2. The standard InChI is InChI=1S/C48H31NOS/c1-3-12-32(13-4-1)35-16-11-17-36(30-35)33-22-24-37(25-23-33)49(38-26-29-46-43(31-38)41-19-8-10-21-45(41)51-46)47-39(34-14-5-2-6-15-34)27-28-42-40-18-7-9-20-44(40)50-48(42)47/h1-31H. The van der Waals surface area contributed by atoms with E-state index >= 15 is 0 Å². The Morgan fingerprint density at radius 3 is 1.76 bits per heavy atom. The first kappa shape index (κ1) is 29.5. The zero-order valence-electron chi connectivity index (χ0n) is 27.7. The normalized spacial score (nSPS) is 11.5. The summed E-state index contributed by atoms with van der Waals surface area (Å²) in [7, 11) is 0. The van der Waals surface area contributed by atoms with Crippen molar-refractivity contribution < 1.29 is 4.42 Å². The lowest BCUT2D eigenvalue weighted by Crippen LogP contribution is -2.11. The molecular weight excluding hydrogens is 639 g/mol. The lowest BCUT2D eigenvalue weighted by Gasteiger charge is -2.28. The molecule has 0 atom stereocenters. The highest BCUT2D eigenvalue weighted by Gasteiger charge is 2.24. The molecule has 0 saturated heterocycles. The second-order valence-electron chi connectivity index (χ2n) is 12.9. The van der Waals surface area contributed by atoms with Gasteiger partial charge in [-0.2, -0.15) is 0 Å². The average molecular weight is 670 g/mol. The van der Waals surface area contributed by atoms with Crippen molar-refractivity contribution in [2.75, 3.05) is 4.90 Å². The molecule has 0 saturated carbocycles. The molecule has 0 aliphatic heterocycles. The quantitative estimate of drug-likeness (QED) is 0.175. The Kier molecular flexibility index (Phi) is 7.04. The largest absolute Gasteiger partial charge is 0.454 e. The summed E-state index contributed by atoms with van der Waals surface area (Å²) in [4.78, 5) is 2.39. The fraction of sp³-hybridized carbons (Fsp3) is 0. The SMILES string of the molecule is c1ccc(-c2cccc(-c3ccc(N(c4ccc5sc6ccccc6c5c4)c4c(-c5ccccc5)ccc5c4oc4ccccc45)cc3)c2)cc1. The maximum absolute atomic E-state index is 6.82. The summed E-state index contributed by atoms with van der Waals surface area (Å²) in [5, 5.41) is 4.74. The van der Waals surface area contributed by atoms with Crippen LogP contribution in [0.1, 0.15) is 0 Å². The van der Waals surface area contributed by atoms with Crippen LogP contribution in [0.4, 0.5) is 17.1 Å². The molecule has 2 aromatic heterocycles. The molecule has 0 radical (unpaired) electrons. The molecule has 3 heteroatoms. The zero-order valence-corrected chi connectivity index (χ0v) is 28.5. The van der Waals surface area contributed by atoms with Gasteiger partial charge in [-0.15, -0.1) is 11.3 Å². The van der Waals surface area contributed by atoms with Gasteiger partial charge in [0.1, 0.15) is 5.58 Å². The number of nitrogens with zero attached hydrogens (tertiary/aromatic N) is 1. The van der Waals surface area contributed by atoms with Crippen molar-refractivity contribution in [3.05, 3.63) is 188 Å². The van der Waals surface area contributed by atoms with Gasteiger partial charge in [0.15, 0.2) is 5.58 Å². The van der Waals surface area contributed by atoms with Crippen molar-refractivity contribution in [1.29, 1.82) is 0 Å². The van der Waals surface area contributed by atoms with E-state index in [4.69, 9.17) is 4.42 Å². The molecule has 0 spiro atoms. The Bertz CT molecular complexity index is 2850. The van der Waals surface area contributed by atoms with Gasteiger partial charge in [-0.25, -0.2) is 0 Å². The summed E-state index contributed by atoms with van der Waals surface area (Å²) >= 11 is 1.84. The summed E-state index contributed by atoms with van der Waals surface area (Å²) in [6.45, 7) is 0. The number of benzene rings is 8. The predicted molar refractivity (Wildman–Crippen MR) is 218 cm³/mol. The van der Waals surface area contributed by atoms with Crippen molar-refractivity contribution >= 4 is 70.5 Å². The van der Waals surface area contributed by atoms with E-state index in [1.807, 2.05) is 17.4 Å². The number of para-hydroxylation sites is 1. The number of fused-ring (bicyclic) bond motifs is 6. The van der Waals surface area contributed by atoms with E-state index in [1.165, 1.54) is 42.4 Å². The van der Waals surface area contributed by atoms with Crippen LogP contribution in [-0.4, -0.2) is 0 Å². The first-order valence-electron chi connectivity index (χ1n) is 17.3. The average Bonchev–Trinajstić information content (AvgIpc) is 3.77. The summed E-state index contributed by atoms with van der Waals surface area (Å²) in [6, 6.07) is 67.4. The molecule has 2 nitrogen and oxygen atoms in total. The molecular formula is C48H31NOS. The fourth-order valence-corrected chi connectivity index (χ4v) is 8.51. The smallest absolute Gasteiger partial charge is 0.160 e. The third-order valence-corrected chi connectivity index (χ3v) is 11.0. The van der Waals surface area contributed by atoms with Crippen molar-refractivity contribution in [3.63, 3.8) is 0 Å². The van der Waals surface area contributed by atoms with Gasteiger partial charge in [0.2, 0.25) is 0 Å². The van der Waals surface area contributed by atoms with Crippen molar-refractivity contribution in [3.8, 4) is 33.4 Å². The molecule has 2 heterocycles. The Labute approximate surface area is 300 Å². The van der Waals surface area contributed by atoms with Gasteiger partial charge in [0.05, 0.1) is 5.69 Å². The molecule has 8 aromatic carbocycles. The molecule has 0 N–H and O–H groups in total. The number of hydrogen-bond acceptors (Lipinski definition) is 3. The van der Waals surface area contributed by atoms with E-state index in [1.54, 1.807) is 0 Å². The molecule has 10 aromatic rings. The van der Waals surface area contributed by atoms with Gasteiger partial charge in [-0.1, -0.05) is 133 Å². The number of rotatable bonds is 6. The maximum atomic E-state index is 6.82. The van der Waals surface area contributed by atoms with Crippen LogP contribution in [0.25, 0.3) is 75.5 Å². The van der Waals surface area contributed by atoms with Crippen LogP contribution < -0.4 is 4.90 Å². The highest BCUT2D eigenvalue weighted by Crippen LogP contribution is 2.49. The highest BCUT2D eigenvalue weighted by molar-refractivity contribution is 7.25. The van der Waals surface area contributed by atoms with Gasteiger partial charge in [0, 0.05) is 47.9 Å². The van der Waals surface area contributed by atoms with Crippen LogP contribution in [0.3, 0.4) is 0 Å². The zero-order chi connectivity index (χ0) is 33.7. The van der Waals surface area contributed by atoms with Gasteiger partial charge in [-0.3, -0.25) is 0 Å². The van der Waals surface area contributed by atoms with Gasteiger partial charge >= 0.3 is 0 Å². The van der Waals surface area contributed by atoms with Crippen LogP contribution in [0.2, 0.25) is 0 Å². The lowest BCUT2D eigenvalue weighted by molar-refractivity contribution is 0.669. The van der Waals surface area contributed by atoms with Gasteiger partial charge in [-0.05, 0) is 82.4 Å². The third kappa shape index (κ3) is 5.10. The fourth-order valence-electron chi connectivity index (χ4n) is 7.42. The molecule has 0 aliphatic carbocycles. The van der Waals surface area contributed by atoms with Crippen LogP contribution >= 0.6 is 11.3 Å². The summed E-state index contributed by atoms with van der Waals surface area (Å²) in [5.74, 6) is 0. The minimum absolute atomic E-state index is 0.868. The van der Waals surface area contributed by atoms with E-state index in [9.17, 15) is 0 Å². The maximum Gasteiger partial charge on any atom is 0.160 e. The first-order chi connectivity index (χ1) is 25.3. The molecule has 240 valence electrons. The minimum atomic E-state index is 0.868. The molecule has 0 aliphatic rings. The minimum Gasteiger partial charge on any atom is -0.454 e. The molecule has 0 amide bonds. The molecule has 0 bridgehead atoms. The number of thiophene rings is 1. The van der Waals surface area contributed by atoms with E-state index in [-0.39, 0.29) is 0 Å². The van der Waals surface area contributed by atoms with Crippen LogP contribution in [0.5, 0.6) is 0 Å². The van der Waals surface area contributed by atoms with E-state index < -0.39 is 0 Å². The molecule has 0 fully saturated rings. The van der Waals surface area contributed by atoms with Crippen LogP contribution in [0.15, 0.2) is 192 Å². The van der Waals surface area contributed by atoms with Crippen molar-refractivity contribution in [2.45, 2.75) is 0 Å². The monoisotopic (exact) mass is 669 g/mol. The lowest BCUT2D eigenvalue weighted by atomic mass is 9.97. The number of hydrogen-bond donors (Lipinski definition) is 0. The topological polar surface area (TPSA) is 16.4 Å². The van der Waals surface area contributed by atoms with Gasteiger partial charge < -0.3 is 9.32 Å². The van der Waals surface area contributed by atoms with Crippen LogP contribution in [0, 0.1) is 0 Å². The van der Waals surface area contributed by atoms with Gasteiger partial charge in [0.25, 0.3) is 0 Å². The molecule has 51 heavy (non-hydrogen) atoms. The predicted octanol–water partition coefficient (Wildman–Crippen LogP) is 14.4. The number of anilines is 3. The Morgan fingerprint density at radius 2 is 0.980 bits per heavy atom. The van der Waals surface area contributed by atoms with E-state index in [2.05, 4.69) is 187 Å². The van der Waals surface area contributed by atoms with Crippen molar-refractivity contribution in [1.82, 2.24) is 0 Å². The Morgan fingerprint density at radius 1 is 0.373 bits per heavy atom. The Balaban J connectivity index is 1.21. The molecule has 10 rings (SSSR count). The first-order valence-corrected chi connectivity index (χ1v) is 18.1. The summed E-state index contributed by atoms with van der Waals surface area (Å²) in [5.41, 5.74) is 11.9. The molecule has 0 unspecified atom stereocenters. The highest BCUT2D eigenvalue weighted by atomic mass is 32.1. The summed E-state index contributed by atoms with van der Waals surface area (Å²) < 4.78 is 9.39. The summed E-state index contributed by atoms with van der Waals surface area (Å²) in [6.07, 6.45) is 0. The Hall–Kier alpha value is -6.42. The van der Waals surface area contributed by atoms with Crippen LogP contribution in [-0.2, 0) is 0 Å².